The second-order valence-corrected chi connectivity index (χ2v) is 3.17. The molecule has 0 aliphatic heterocycles. The smallest absolute Gasteiger partial charge is 0.306 e. The number of alkyl halides is 3. The van der Waals surface area contributed by atoms with E-state index in [1.807, 2.05) is 0 Å². The third-order valence-electron chi connectivity index (χ3n) is 1.71. The highest BCUT2D eigenvalue weighted by molar-refractivity contribution is 6.30. The summed E-state index contributed by atoms with van der Waals surface area (Å²) in [7, 11) is 0. The van der Waals surface area contributed by atoms with Crippen molar-refractivity contribution < 1.29 is 13.2 Å². The maximum atomic E-state index is 12.2. The van der Waals surface area contributed by atoms with E-state index in [1.54, 1.807) is 0 Å². The Hall–Kier alpha value is -1.23. The molecule has 2 rings (SSSR count). The molecule has 0 spiro atoms. The van der Waals surface area contributed by atoms with E-state index in [1.165, 1.54) is 22.7 Å². The largest absolute Gasteiger partial charge is 0.434 e. The van der Waals surface area contributed by atoms with E-state index in [-0.39, 0.29) is 5.65 Å². The number of hydrogen-bond acceptors (Lipinski definition) is 1. The van der Waals surface area contributed by atoms with Gasteiger partial charge in [-0.25, -0.2) is 4.98 Å². The number of fused-ring (bicyclic) bond motifs is 1. The van der Waals surface area contributed by atoms with Crippen LogP contribution in [-0.2, 0) is 6.18 Å². The van der Waals surface area contributed by atoms with Gasteiger partial charge < -0.3 is 4.40 Å². The monoisotopic (exact) mass is 220 g/mol. The van der Waals surface area contributed by atoms with Gasteiger partial charge in [-0.05, 0) is 6.07 Å². The van der Waals surface area contributed by atoms with Crippen LogP contribution in [0.1, 0.15) is 5.69 Å². The molecule has 0 radical (unpaired) electrons. The third kappa shape index (κ3) is 1.55. The van der Waals surface area contributed by atoms with Crippen LogP contribution in [-0.4, -0.2) is 9.38 Å². The summed E-state index contributed by atoms with van der Waals surface area (Å²) in [6, 6.07) is 2.87. The molecule has 2 aromatic heterocycles. The molecule has 74 valence electrons. The van der Waals surface area contributed by atoms with E-state index >= 15 is 0 Å². The molecule has 14 heavy (non-hydrogen) atoms. The number of halogens is 4. The van der Waals surface area contributed by atoms with Gasteiger partial charge in [0, 0.05) is 23.5 Å². The van der Waals surface area contributed by atoms with Crippen LogP contribution in [0.5, 0.6) is 0 Å². The molecule has 6 heteroatoms. The first-order chi connectivity index (χ1) is 6.47. The van der Waals surface area contributed by atoms with Crippen LogP contribution in [0.4, 0.5) is 13.2 Å². The molecule has 2 nitrogen and oxygen atoms in total. The van der Waals surface area contributed by atoms with Crippen LogP contribution in [0.15, 0.2) is 24.5 Å². The molecule has 0 aromatic carbocycles. The van der Waals surface area contributed by atoms with Gasteiger partial charge in [-0.1, -0.05) is 11.6 Å². The van der Waals surface area contributed by atoms with Crippen molar-refractivity contribution in [1.29, 1.82) is 0 Å². The lowest BCUT2D eigenvalue weighted by molar-refractivity contribution is -0.140. The van der Waals surface area contributed by atoms with Gasteiger partial charge >= 0.3 is 6.18 Å². The molecule has 0 aliphatic rings. The van der Waals surface area contributed by atoms with E-state index in [4.69, 9.17) is 11.6 Å². The van der Waals surface area contributed by atoms with E-state index in [9.17, 15) is 13.2 Å². The van der Waals surface area contributed by atoms with Crippen molar-refractivity contribution >= 4 is 17.2 Å². The molecular formula is C8H4ClF3N2. The van der Waals surface area contributed by atoms with Crippen molar-refractivity contribution in [3.63, 3.8) is 0 Å². The summed E-state index contributed by atoms with van der Waals surface area (Å²) in [5, 5.41) is 0.358. The standard InChI is InChI=1S/C8H4ClF3N2/c9-5-1-2-14-4-6(8(10,11)12)13-7(14)3-5/h1-4H. The van der Waals surface area contributed by atoms with Gasteiger partial charge in [-0.15, -0.1) is 0 Å². The molecule has 2 heterocycles. The third-order valence-corrected chi connectivity index (χ3v) is 1.95. The van der Waals surface area contributed by atoms with Gasteiger partial charge in [-0.2, -0.15) is 13.2 Å². The topological polar surface area (TPSA) is 17.3 Å². The normalized spacial score (nSPS) is 12.3. The highest BCUT2D eigenvalue weighted by atomic mass is 35.5. The van der Waals surface area contributed by atoms with Crippen LogP contribution in [0, 0.1) is 0 Å². The molecule has 0 bridgehead atoms. The fourth-order valence-corrected chi connectivity index (χ4v) is 1.25. The van der Waals surface area contributed by atoms with E-state index < -0.39 is 11.9 Å². The zero-order valence-electron chi connectivity index (χ0n) is 6.72. The summed E-state index contributed by atoms with van der Waals surface area (Å²) >= 11 is 5.61. The van der Waals surface area contributed by atoms with Crippen molar-refractivity contribution in [1.82, 2.24) is 9.38 Å². The first-order valence-corrected chi connectivity index (χ1v) is 4.06. The number of imidazole rings is 1. The second kappa shape index (κ2) is 2.88. The maximum absolute atomic E-state index is 12.2. The van der Waals surface area contributed by atoms with Crippen LogP contribution in [0.25, 0.3) is 5.65 Å². The molecule has 0 saturated heterocycles. The van der Waals surface area contributed by atoms with E-state index in [2.05, 4.69) is 4.98 Å². The van der Waals surface area contributed by atoms with Crippen LogP contribution >= 0.6 is 11.6 Å². The average Bonchev–Trinajstić information content (AvgIpc) is 2.45. The maximum Gasteiger partial charge on any atom is 0.434 e. The summed E-state index contributed by atoms with van der Waals surface area (Å²) in [5.41, 5.74) is -0.732. The van der Waals surface area contributed by atoms with Gasteiger partial charge in [0.15, 0.2) is 5.69 Å². The Labute approximate surface area is 81.9 Å². The van der Waals surface area contributed by atoms with Crippen molar-refractivity contribution in [3.8, 4) is 0 Å². The summed E-state index contributed by atoms with van der Waals surface area (Å²) < 4.78 is 37.9. The quantitative estimate of drug-likeness (QED) is 0.667. The lowest BCUT2D eigenvalue weighted by Gasteiger charge is -1.98. The van der Waals surface area contributed by atoms with Gasteiger partial charge in [0.05, 0.1) is 0 Å². The zero-order valence-corrected chi connectivity index (χ0v) is 7.47. The number of rotatable bonds is 0. The van der Waals surface area contributed by atoms with Crippen molar-refractivity contribution in [2.24, 2.45) is 0 Å². The summed E-state index contributed by atoms with van der Waals surface area (Å²) in [5.74, 6) is 0. The van der Waals surface area contributed by atoms with Crippen molar-refractivity contribution in [3.05, 3.63) is 35.2 Å². The number of pyridine rings is 1. The molecular weight excluding hydrogens is 217 g/mol. The number of nitrogens with zero attached hydrogens (tertiary/aromatic N) is 2. The number of aromatic nitrogens is 2. The minimum Gasteiger partial charge on any atom is -0.306 e. The fraction of sp³-hybridized carbons (Fsp3) is 0.125. The van der Waals surface area contributed by atoms with Gasteiger partial charge in [0.2, 0.25) is 0 Å². The van der Waals surface area contributed by atoms with Crippen LogP contribution in [0.2, 0.25) is 5.02 Å². The lowest BCUT2D eigenvalue weighted by atomic mass is 10.5. The van der Waals surface area contributed by atoms with E-state index in [0.717, 1.165) is 6.20 Å². The second-order valence-electron chi connectivity index (χ2n) is 2.73. The summed E-state index contributed by atoms with van der Waals surface area (Å²) in [6.45, 7) is 0. The molecule has 2 aromatic rings. The molecule has 0 fully saturated rings. The van der Waals surface area contributed by atoms with Gasteiger partial charge in [-0.3, -0.25) is 0 Å². The van der Waals surface area contributed by atoms with E-state index in [0.29, 0.717) is 5.02 Å². The molecule has 0 N–H and O–H groups in total. The average molecular weight is 221 g/mol. The molecule has 0 unspecified atom stereocenters. The highest BCUT2D eigenvalue weighted by Crippen LogP contribution is 2.28. The summed E-state index contributed by atoms with van der Waals surface area (Å²) in [4.78, 5) is 3.40. The molecule has 0 aliphatic carbocycles. The van der Waals surface area contributed by atoms with Crippen molar-refractivity contribution in [2.75, 3.05) is 0 Å². The zero-order chi connectivity index (χ0) is 10.3. The first kappa shape index (κ1) is 9.33. The Morgan fingerprint density at radius 1 is 1.36 bits per heavy atom. The Balaban J connectivity index is 2.63. The predicted octanol–water partition coefficient (Wildman–Crippen LogP) is 3.01. The van der Waals surface area contributed by atoms with Gasteiger partial charge in [0.1, 0.15) is 5.65 Å². The van der Waals surface area contributed by atoms with Crippen molar-refractivity contribution in [2.45, 2.75) is 6.18 Å². The minimum atomic E-state index is -4.42. The summed E-state index contributed by atoms with van der Waals surface area (Å²) in [6.07, 6.45) is -2.07. The number of hydrogen-bond donors (Lipinski definition) is 0. The lowest BCUT2D eigenvalue weighted by Crippen LogP contribution is -2.04. The Morgan fingerprint density at radius 3 is 2.71 bits per heavy atom. The minimum absolute atomic E-state index is 0.185. The van der Waals surface area contributed by atoms with Crippen LogP contribution < -0.4 is 0 Å². The van der Waals surface area contributed by atoms with Crippen LogP contribution in [0.3, 0.4) is 0 Å². The Morgan fingerprint density at radius 2 is 2.07 bits per heavy atom. The molecule has 0 atom stereocenters. The predicted molar refractivity (Wildman–Crippen MR) is 45.2 cm³/mol. The first-order valence-electron chi connectivity index (χ1n) is 3.68. The Kier molecular flexibility index (Phi) is 1.92. The highest BCUT2D eigenvalue weighted by Gasteiger charge is 2.33. The van der Waals surface area contributed by atoms with Gasteiger partial charge in [0.25, 0.3) is 0 Å². The fourth-order valence-electron chi connectivity index (χ4n) is 1.09. The SMILES string of the molecule is FC(F)(F)c1cn2ccc(Cl)cc2n1. The molecule has 0 saturated carbocycles. The molecule has 0 amide bonds. The Bertz CT molecular complexity index is 475.